The molecular weight excluding hydrogens is 298 g/mol. The van der Waals surface area contributed by atoms with Crippen molar-refractivity contribution in [2.75, 3.05) is 26.0 Å². The van der Waals surface area contributed by atoms with Crippen LogP contribution in [0.25, 0.3) is 0 Å². The molecule has 116 valence electrons. The van der Waals surface area contributed by atoms with E-state index in [1.165, 1.54) is 12.0 Å². The SMILES string of the molecule is COCCN(C(=O)c1cc([N+](=O)[O-])cc(Cl)c1N)C(C)C. The van der Waals surface area contributed by atoms with Crippen molar-refractivity contribution in [3.05, 3.63) is 32.8 Å². The van der Waals surface area contributed by atoms with E-state index in [0.717, 1.165) is 12.1 Å². The van der Waals surface area contributed by atoms with E-state index in [1.54, 1.807) is 0 Å². The van der Waals surface area contributed by atoms with Crippen molar-refractivity contribution in [2.45, 2.75) is 19.9 Å². The second-order valence-corrected chi connectivity index (χ2v) is 5.14. The van der Waals surface area contributed by atoms with Gasteiger partial charge in [-0.3, -0.25) is 14.9 Å². The topological polar surface area (TPSA) is 98.7 Å². The van der Waals surface area contributed by atoms with Crippen LogP contribution in [0.2, 0.25) is 5.02 Å². The summed E-state index contributed by atoms with van der Waals surface area (Å²) in [6, 6.07) is 2.17. The third kappa shape index (κ3) is 4.05. The molecule has 2 N–H and O–H groups in total. The number of anilines is 1. The molecule has 1 aromatic carbocycles. The van der Waals surface area contributed by atoms with Crippen LogP contribution in [0.1, 0.15) is 24.2 Å². The zero-order chi connectivity index (χ0) is 16.2. The van der Waals surface area contributed by atoms with Gasteiger partial charge in [-0.25, -0.2) is 0 Å². The maximum Gasteiger partial charge on any atom is 0.271 e. The molecule has 7 nitrogen and oxygen atoms in total. The summed E-state index contributed by atoms with van der Waals surface area (Å²) in [5.74, 6) is -0.412. The van der Waals surface area contributed by atoms with Crippen molar-refractivity contribution >= 4 is 28.9 Å². The Labute approximate surface area is 127 Å². The van der Waals surface area contributed by atoms with Crippen LogP contribution in [0.5, 0.6) is 0 Å². The Hall–Kier alpha value is -1.86. The molecule has 0 saturated carbocycles. The number of nitro benzene ring substituents is 1. The predicted molar refractivity (Wildman–Crippen MR) is 80.6 cm³/mol. The lowest BCUT2D eigenvalue weighted by Crippen LogP contribution is -2.39. The third-order valence-electron chi connectivity index (χ3n) is 2.98. The van der Waals surface area contributed by atoms with Crippen molar-refractivity contribution in [3.63, 3.8) is 0 Å². The molecule has 0 bridgehead atoms. The van der Waals surface area contributed by atoms with Gasteiger partial charge in [-0.1, -0.05) is 11.6 Å². The number of carbonyl (C=O) groups is 1. The number of nitrogens with two attached hydrogens (primary N) is 1. The highest BCUT2D eigenvalue weighted by atomic mass is 35.5. The van der Waals surface area contributed by atoms with Crippen molar-refractivity contribution < 1.29 is 14.5 Å². The molecule has 1 amide bonds. The number of hydrogen-bond acceptors (Lipinski definition) is 5. The van der Waals surface area contributed by atoms with E-state index in [0.29, 0.717) is 13.2 Å². The highest BCUT2D eigenvalue weighted by Gasteiger charge is 2.24. The van der Waals surface area contributed by atoms with E-state index >= 15 is 0 Å². The van der Waals surface area contributed by atoms with Crippen LogP contribution in [-0.2, 0) is 4.74 Å². The fourth-order valence-electron chi connectivity index (χ4n) is 1.82. The predicted octanol–water partition coefficient (Wildman–Crippen LogP) is 2.33. The Balaban J connectivity index is 3.23. The monoisotopic (exact) mass is 315 g/mol. The number of non-ortho nitro benzene ring substituents is 1. The first-order valence-electron chi connectivity index (χ1n) is 6.32. The van der Waals surface area contributed by atoms with Gasteiger partial charge in [0, 0.05) is 31.8 Å². The second kappa shape index (κ2) is 7.24. The average Bonchev–Trinajstić information content (AvgIpc) is 2.41. The molecule has 0 saturated heterocycles. The van der Waals surface area contributed by atoms with Gasteiger partial charge in [0.1, 0.15) is 0 Å². The number of hydrogen-bond donors (Lipinski definition) is 1. The Morgan fingerprint density at radius 2 is 2.14 bits per heavy atom. The highest BCUT2D eigenvalue weighted by Crippen LogP contribution is 2.30. The standard InChI is InChI=1S/C13H18ClN3O4/c1-8(2)16(4-5-21-3)13(18)10-6-9(17(19)20)7-11(14)12(10)15/h6-8H,4-5,15H2,1-3H3. The van der Waals surface area contributed by atoms with Gasteiger partial charge in [0.15, 0.2) is 0 Å². The first-order valence-corrected chi connectivity index (χ1v) is 6.70. The highest BCUT2D eigenvalue weighted by molar-refractivity contribution is 6.34. The number of halogens is 1. The van der Waals surface area contributed by atoms with Gasteiger partial charge < -0.3 is 15.4 Å². The quantitative estimate of drug-likeness (QED) is 0.493. The minimum Gasteiger partial charge on any atom is -0.397 e. The number of methoxy groups -OCH3 is 1. The van der Waals surface area contributed by atoms with E-state index < -0.39 is 10.8 Å². The number of nitrogen functional groups attached to an aromatic ring is 1. The van der Waals surface area contributed by atoms with Gasteiger partial charge in [0.2, 0.25) is 0 Å². The lowest BCUT2D eigenvalue weighted by molar-refractivity contribution is -0.384. The molecule has 0 radical (unpaired) electrons. The van der Waals surface area contributed by atoms with Crippen LogP contribution in [0.3, 0.4) is 0 Å². The summed E-state index contributed by atoms with van der Waals surface area (Å²) >= 11 is 5.87. The molecule has 1 rings (SSSR count). The molecule has 0 unspecified atom stereocenters. The molecule has 0 atom stereocenters. The van der Waals surface area contributed by atoms with E-state index in [-0.39, 0.29) is 28.0 Å². The smallest absolute Gasteiger partial charge is 0.271 e. The molecule has 8 heteroatoms. The van der Waals surface area contributed by atoms with Crippen LogP contribution in [-0.4, -0.2) is 42.0 Å². The maximum absolute atomic E-state index is 12.5. The summed E-state index contributed by atoms with van der Waals surface area (Å²) in [5, 5.41) is 10.9. The zero-order valence-electron chi connectivity index (χ0n) is 12.1. The first kappa shape index (κ1) is 17.2. The number of nitro groups is 1. The summed E-state index contributed by atoms with van der Waals surface area (Å²) in [7, 11) is 1.53. The molecular formula is C13H18ClN3O4. The van der Waals surface area contributed by atoms with Gasteiger partial charge in [0.05, 0.1) is 27.8 Å². The zero-order valence-corrected chi connectivity index (χ0v) is 12.9. The molecule has 0 spiro atoms. The minimum atomic E-state index is -0.614. The number of benzene rings is 1. The van der Waals surface area contributed by atoms with E-state index in [4.69, 9.17) is 22.1 Å². The van der Waals surface area contributed by atoms with E-state index in [9.17, 15) is 14.9 Å². The van der Waals surface area contributed by atoms with Gasteiger partial charge in [-0.15, -0.1) is 0 Å². The van der Waals surface area contributed by atoms with Crippen LogP contribution >= 0.6 is 11.6 Å². The third-order valence-corrected chi connectivity index (χ3v) is 3.29. The summed E-state index contributed by atoms with van der Waals surface area (Å²) in [4.78, 5) is 24.3. The Morgan fingerprint density at radius 1 is 1.52 bits per heavy atom. The van der Waals surface area contributed by atoms with Gasteiger partial charge in [0.25, 0.3) is 11.6 Å². The Morgan fingerprint density at radius 3 is 2.62 bits per heavy atom. The number of amides is 1. The Bertz CT molecular complexity index is 548. The minimum absolute atomic E-state index is 0.0111. The lowest BCUT2D eigenvalue weighted by Gasteiger charge is -2.27. The van der Waals surface area contributed by atoms with E-state index in [2.05, 4.69) is 0 Å². The largest absolute Gasteiger partial charge is 0.397 e. The molecule has 0 aliphatic carbocycles. The summed E-state index contributed by atoms with van der Waals surface area (Å²) in [5.41, 5.74) is 5.58. The number of nitrogens with zero attached hydrogens (tertiary/aromatic N) is 2. The summed E-state index contributed by atoms with van der Waals surface area (Å²) in [6.45, 7) is 4.38. The molecule has 0 aliphatic heterocycles. The van der Waals surface area contributed by atoms with Crippen molar-refractivity contribution in [1.29, 1.82) is 0 Å². The molecule has 0 fully saturated rings. The normalized spacial score (nSPS) is 10.7. The maximum atomic E-state index is 12.5. The molecule has 0 heterocycles. The van der Waals surface area contributed by atoms with Crippen LogP contribution in [0, 0.1) is 10.1 Å². The van der Waals surface area contributed by atoms with Crippen molar-refractivity contribution in [1.82, 2.24) is 4.90 Å². The lowest BCUT2D eigenvalue weighted by atomic mass is 10.1. The van der Waals surface area contributed by atoms with E-state index in [1.807, 2.05) is 13.8 Å². The first-order chi connectivity index (χ1) is 9.79. The van der Waals surface area contributed by atoms with Gasteiger partial charge in [-0.05, 0) is 13.8 Å². The summed E-state index contributed by atoms with van der Waals surface area (Å²) < 4.78 is 4.97. The number of rotatable bonds is 6. The second-order valence-electron chi connectivity index (χ2n) is 4.73. The summed E-state index contributed by atoms with van der Waals surface area (Å²) in [6.07, 6.45) is 0. The average molecular weight is 316 g/mol. The fraction of sp³-hybridized carbons (Fsp3) is 0.462. The number of ether oxygens (including phenoxy) is 1. The van der Waals surface area contributed by atoms with Crippen molar-refractivity contribution in [2.24, 2.45) is 0 Å². The molecule has 0 aliphatic rings. The number of carbonyl (C=O) groups excluding carboxylic acids is 1. The van der Waals surface area contributed by atoms with Crippen LogP contribution in [0.4, 0.5) is 11.4 Å². The Kier molecular flexibility index (Phi) is 5.92. The molecule has 0 aromatic heterocycles. The molecule has 21 heavy (non-hydrogen) atoms. The van der Waals surface area contributed by atoms with Crippen molar-refractivity contribution in [3.8, 4) is 0 Å². The van der Waals surface area contributed by atoms with Crippen LogP contribution < -0.4 is 5.73 Å². The fourth-order valence-corrected chi connectivity index (χ4v) is 2.04. The van der Waals surface area contributed by atoms with Gasteiger partial charge in [-0.2, -0.15) is 0 Å². The van der Waals surface area contributed by atoms with Gasteiger partial charge >= 0.3 is 0 Å². The van der Waals surface area contributed by atoms with Crippen LogP contribution in [0.15, 0.2) is 12.1 Å². The molecule has 1 aromatic rings.